The lowest BCUT2D eigenvalue weighted by molar-refractivity contribution is -0.149. The molecule has 28 nitrogen and oxygen atoms in total. The Balaban J connectivity index is 0.000000242. The molecule has 4 aliphatic rings. The number of para-hydroxylation sites is 1. The van der Waals surface area contributed by atoms with Crippen LogP contribution in [0.15, 0.2) is 131 Å². The number of hydrogen-bond donors (Lipinski definition) is 7. The monoisotopic (exact) mass is 1410 g/mol. The highest BCUT2D eigenvalue weighted by Gasteiger charge is 2.56. The third-order valence-corrected chi connectivity index (χ3v) is 20.0. The van der Waals surface area contributed by atoms with Gasteiger partial charge in [0, 0.05) is 48.8 Å². The van der Waals surface area contributed by atoms with Crippen molar-refractivity contribution in [2.75, 3.05) is 41.1 Å². The van der Waals surface area contributed by atoms with Crippen molar-refractivity contribution in [1.82, 2.24) is 55.0 Å². The average Bonchev–Trinajstić information content (AvgIpc) is 1.74. The van der Waals surface area contributed by atoms with Crippen LogP contribution < -0.4 is 36.2 Å². The number of nitrogens with one attached hydrogen (secondary N) is 6. The molecule has 30 heteroatoms. The maximum absolute atomic E-state index is 15.4. The Labute approximate surface area is 580 Å². The fraction of sp³-hybridized carbons (Fsp3) is 0.423. The normalized spacial score (nSPS) is 22.3. The van der Waals surface area contributed by atoms with E-state index in [1.54, 1.807) is 50.3 Å². The maximum Gasteiger partial charge on any atom is 0.459 e. The Hall–Kier alpha value is -9.77. The van der Waals surface area contributed by atoms with E-state index in [0.29, 0.717) is 43.4 Å². The Kier molecular flexibility index (Phi) is 22.0. The number of imidazole rings is 2. The summed E-state index contributed by atoms with van der Waals surface area (Å²) in [7, 11) is -0.0847. The Morgan fingerprint density at radius 2 is 1.54 bits per heavy atom. The fourth-order valence-electron chi connectivity index (χ4n) is 13.3. The number of aromatic nitrogens is 6. The number of alkyl halides is 1. The minimum atomic E-state index is -4.30. The van der Waals surface area contributed by atoms with Gasteiger partial charge in [-0.3, -0.25) is 33.3 Å². The predicted octanol–water partition coefficient (Wildman–Crippen LogP) is 9.39. The second-order valence-corrected chi connectivity index (χ2v) is 28.0. The number of H-pyrrole nitrogens is 3. The van der Waals surface area contributed by atoms with E-state index >= 15 is 4.39 Å². The van der Waals surface area contributed by atoms with E-state index in [2.05, 4.69) is 62.1 Å². The third kappa shape index (κ3) is 15.7. The molecule has 0 radical (unpaired) electrons. The molecule has 0 saturated carbocycles. The number of fused-ring (bicyclic) bond motifs is 6. The lowest BCUT2D eigenvalue weighted by atomic mass is 9.92. The highest BCUT2D eigenvalue weighted by molar-refractivity contribution is 7.52. The van der Waals surface area contributed by atoms with Crippen LogP contribution in [-0.2, 0) is 53.8 Å². The van der Waals surface area contributed by atoms with Gasteiger partial charge in [-0.1, -0.05) is 80.6 Å². The van der Waals surface area contributed by atoms with Gasteiger partial charge in [0.1, 0.15) is 60.1 Å². The van der Waals surface area contributed by atoms with E-state index in [-0.39, 0.29) is 47.5 Å². The maximum atomic E-state index is 15.4. The number of carbonyl (C=O) groups is 5. The molecule has 101 heavy (non-hydrogen) atoms. The van der Waals surface area contributed by atoms with Crippen molar-refractivity contribution in [2.45, 2.75) is 141 Å². The molecule has 3 aromatic heterocycles. The second-order valence-electron chi connectivity index (χ2n) is 26.3. The molecule has 7 heterocycles. The molecule has 536 valence electrons. The SMILES string of the molecule is CC(C)OC(=O)[C@H](C)N[P@@](=O)(OC[C@H]1O[C@@H](n2ccc(=O)[nH]c2=O)[C@](C)(F)[C@@H]1O)Oc1ccccc1.COC[C@H]1C[C@@H](c2ncc(-c3ccc4c(c3)COc3cc5c(ccc6[nH]c([C@@H]7CC[C@H](C)N7C(=O)[C@@H](NC(=O)OC)C(C)C)nc65)cc3-4)[nH]2)N(C(=O)[C@H](NC(=O)OC)c2ccccc2)C1. The van der Waals surface area contributed by atoms with Gasteiger partial charge in [0.25, 0.3) is 11.5 Å². The summed E-state index contributed by atoms with van der Waals surface area (Å²) in [6, 6.07) is 29.2. The van der Waals surface area contributed by atoms with Crippen LogP contribution in [0.25, 0.3) is 44.2 Å². The van der Waals surface area contributed by atoms with Gasteiger partial charge in [0.05, 0.1) is 68.5 Å². The number of aliphatic hydroxyl groups excluding tert-OH is 1. The number of alkyl carbamates (subject to hydrolysis) is 2. The lowest BCUT2D eigenvalue weighted by Gasteiger charge is -2.32. The van der Waals surface area contributed by atoms with Crippen LogP contribution in [-0.4, -0.2) is 158 Å². The molecule has 5 aromatic carbocycles. The second kappa shape index (κ2) is 30.6. The quantitative estimate of drug-likeness (QED) is 0.0200. The van der Waals surface area contributed by atoms with Crippen molar-refractivity contribution in [3.8, 4) is 33.9 Å². The minimum Gasteiger partial charge on any atom is -0.488 e. The molecule has 3 saturated heterocycles. The topological polar surface area (TPSA) is 351 Å². The van der Waals surface area contributed by atoms with Gasteiger partial charge in [-0.05, 0) is 124 Å². The van der Waals surface area contributed by atoms with Crippen LogP contribution >= 0.6 is 7.75 Å². The molecule has 4 amide bonds. The summed E-state index contributed by atoms with van der Waals surface area (Å²) in [5.74, 6) is 1.05. The minimum absolute atomic E-state index is 0.0342. The number of hydrogen-bond acceptors (Lipinski definition) is 19. The highest BCUT2D eigenvalue weighted by Crippen LogP contribution is 2.49. The van der Waals surface area contributed by atoms with E-state index in [1.807, 2.05) is 67.1 Å². The molecule has 0 unspecified atom stereocenters. The molecule has 7 N–H and O–H groups in total. The number of aliphatic hydroxyl groups is 1. The van der Waals surface area contributed by atoms with Gasteiger partial charge in [-0.15, -0.1) is 0 Å². The third-order valence-electron chi connectivity index (χ3n) is 18.4. The van der Waals surface area contributed by atoms with Crippen LogP contribution in [0.3, 0.4) is 0 Å². The molecule has 8 aromatic rings. The molecule has 0 spiro atoms. The average molecular weight is 1410 g/mol. The number of carbonyl (C=O) groups excluding carboxylic acids is 5. The summed E-state index contributed by atoms with van der Waals surface area (Å²) in [4.78, 5) is 111. The smallest absolute Gasteiger partial charge is 0.459 e. The van der Waals surface area contributed by atoms with Crippen LogP contribution in [0.1, 0.15) is 115 Å². The van der Waals surface area contributed by atoms with Gasteiger partial charge >= 0.3 is 31.6 Å². The lowest BCUT2D eigenvalue weighted by Crippen LogP contribution is -2.52. The summed E-state index contributed by atoms with van der Waals surface area (Å²) in [6.07, 6.45) is -1.57. The van der Waals surface area contributed by atoms with Crippen molar-refractivity contribution < 1.29 is 75.5 Å². The first-order valence-corrected chi connectivity index (χ1v) is 34.8. The summed E-state index contributed by atoms with van der Waals surface area (Å²) in [5, 5.41) is 20.4. The molecule has 0 aliphatic carbocycles. The Morgan fingerprint density at radius 3 is 2.24 bits per heavy atom. The number of benzene rings is 5. The first-order valence-electron chi connectivity index (χ1n) is 33.2. The van der Waals surface area contributed by atoms with Crippen LogP contribution in [0, 0.1) is 11.8 Å². The number of amides is 4. The summed E-state index contributed by atoms with van der Waals surface area (Å²) in [6.45, 7) is 12.2. The van der Waals surface area contributed by atoms with Gasteiger partial charge in [-0.25, -0.2) is 33.3 Å². The fourth-order valence-corrected chi connectivity index (χ4v) is 14.8. The highest BCUT2D eigenvalue weighted by atomic mass is 31.2. The first kappa shape index (κ1) is 72.5. The number of esters is 1. The Morgan fingerprint density at radius 1 is 0.822 bits per heavy atom. The van der Waals surface area contributed by atoms with Crippen LogP contribution in [0.5, 0.6) is 11.5 Å². The van der Waals surface area contributed by atoms with Crippen molar-refractivity contribution in [3.05, 3.63) is 165 Å². The van der Waals surface area contributed by atoms with Gasteiger partial charge in [0.15, 0.2) is 11.9 Å². The van der Waals surface area contributed by atoms with E-state index < -0.39 is 92.1 Å². The Bertz CT molecular complexity index is 4510. The van der Waals surface area contributed by atoms with Crippen molar-refractivity contribution >= 4 is 59.5 Å². The van der Waals surface area contributed by atoms with E-state index in [4.69, 9.17) is 47.4 Å². The number of rotatable bonds is 21. The van der Waals surface area contributed by atoms with Crippen molar-refractivity contribution in [2.24, 2.45) is 11.8 Å². The van der Waals surface area contributed by atoms with Crippen molar-refractivity contribution in [1.29, 1.82) is 0 Å². The van der Waals surface area contributed by atoms with Crippen LogP contribution in [0.4, 0.5) is 14.0 Å². The number of ether oxygens (including phenoxy) is 6. The summed E-state index contributed by atoms with van der Waals surface area (Å²) < 4.78 is 73.1. The molecular weight excluding hydrogens is 1330 g/mol. The summed E-state index contributed by atoms with van der Waals surface area (Å²) in [5.41, 5.74) is 2.98. The standard InChI is InChI=1S/C49H54N8O8.C22H29FN3O9P/c1-26(2)41(54-48(60)63-5)47(59)57-27(3)12-17-38(57)45-51-36-16-14-30-20-35-33-15-13-31(19-32(33)25-65-40(35)21-34(30)43(36)53-45)37-22-50-44(52-37)39-18-28(24-62-4)23-56(39)46(58)42(55-49(61)64-6)29-10-8-7-9-11-29;1-13(2)33-19(29)14(3)25-36(31,35-15-8-6-5-7-9-15)32-12-16-18(28)22(4,23)20(34-16)26-11-10-17(27)24-21(26)30/h7-11,13-16,19-22,26-28,38-39,41-42H,12,17-18,23-25H2,1-6H3,(H,50,52)(H,51,53)(H,54,60)(H,55,61);5-11,13-14,16,18,20,28H,12H2,1-4H3,(H,25,31)(H,24,27,30)/t27-,28-,38-,39-,41-,42+;14-,16+,18+,20+,22+,36+/m00/s1. The molecule has 3 fully saturated rings. The van der Waals surface area contributed by atoms with Gasteiger partial charge < -0.3 is 68.5 Å². The zero-order valence-electron chi connectivity index (χ0n) is 57.5. The predicted molar refractivity (Wildman–Crippen MR) is 368 cm³/mol. The van der Waals surface area contributed by atoms with E-state index in [0.717, 1.165) is 92.1 Å². The number of methoxy groups -OCH3 is 3. The summed E-state index contributed by atoms with van der Waals surface area (Å²) >= 11 is 0. The van der Waals surface area contributed by atoms with Gasteiger partial charge in [-0.2, -0.15) is 5.09 Å². The van der Waals surface area contributed by atoms with E-state index in [1.165, 1.54) is 33.3 Å². The molecular formula is C71H83FN11O17P. The van der Waals surface area contributed by atoms with Crippen molar-refractivity contribution in [3.63, 3.8) is 0 Å². The largest absolute Gasteiger partial charge is 0.488 e. The number of likely N-dealkylation sites (tertiary alicyclic amines) is 2. The molecule has 4 aliphatic heterocycles. The van der Waals surface area contributed by atoms with E-state index in [9.17, 15) is 43.2 Å². The first-order chi connectivity index (χ1) is 48.3. The van der Waals surface area contributed by atoms with Crippen LogP contribution in [0.2, 0.25) is 0 Å². The van der Waals surface area contributed by atoms with Gasteiger partial charge in [0.2, 0.25) is 5.91 Å². The molecule has 12 rings (SSSR count). The number of aromatic amines is 3. The zero-order valence-corrected chi connectivity index (χ0v) is 58.4. The number of nitrogens with zero attached hydrogens (tertiary/aromatic N) is 5. The zero-order chi connectivity index (χ0) is 72.2. The number of halogens is 1. The molecule has 12 atom stereocenters. The molecule has 0 bridgehead atoms.